The van der Waals surface area contributed by atoms with Gasteiger partial charge in [0.1, 0.15) is 5.82 Å². The van der Waals surface area contributed by atoms with E-state index in [2.05, 4.69) is 0 Å². The lowest BCUT2D eigenvalue weighted by Crippen LogP contribution is -2.53. The summed E-state index contributed by atoms with van der Waals surface area (Å²) in [5.74, 6) is -2.14. The predicted octanol–water partition coefficient (Wildman–Crippen LogP) is 1.15. The van der Waals surface area contributed by atoms with E-state index >= 15 is 0 Å². The van der Waals surface area contributed by atoms with Crippen LogP contribution in [-0.2, 0) is 14.8 Å². The topological polar surface area (TPSA) is 74.7 Å². The highest BCUT2D eigenvalue weighted by Crippen LogP contribution is 2.29. The minimum atomic E-state index is -3.74. The maximum atomic E-state index is 13.2. The van der Waals surface area contributed by atoms with Crippen LogP contribution in [0.25, 0.3) is 0 Å². The largest absolute Gasteiger partial charge is 0.481 e. The summed E-state index contributed by atoms with van der Waals surface area (Å²) in [7, 11) is -3.74. The van der Waals surface area contributed by atoms with Crippen molar-refractivity contribution >= 4 is 16.0 Å². The Morgan fingerprint density at radius 2 is 1.79 bits per heavy atom. The van der Waals surface area contributed by atoms with Crippen molar-refractivity contribution in [3.8, 4) is 0 Å². The summed E-state index contributed by atoms with van der Waals surface area (Å²) in [5, 5.41) is 8.76. The van der Waals surface area contributed by atoms with Crippen molar-refractivity contribution in [3.63, 3.8) is 0 Å². The van der Waals surface area contributed by atoms with Crippen molar-refractivity contribution in [1.29, 1.82) is 0 Å². The van der Waals surface area contributed by atoms with Gasteiger partial charge in [0.25, 0.3) is 0 Å². The Balaban J connectivity index is 2.35. The van der Waals surface area contributed by atoms with Gasteiger partial charge in [0.15, 0.2) is 0 Å². The second-order valence-electron chi connectivity index (χ2n) is 4.73. The number of carboxylic acids is 1. The Kier molecular flexibility index (Phi) is 3.36. The van der Waals surface area contributed by atoms with E-state index in [9.17, 15) is 17.6 Å². The highest BCUT2D eigenvalue weighted by molar-refractivity contribution is 7.89. The lowest BCUT2D eigenvalue weighted by Gasteiger charge is -2.36. The van der Waals surface area contributed by atoms with Crippen LogP contribution in [0.2, 0.25) is 0 Å². The molecule has 0 bridgehead atoms. The maximum Gasteiger partial charge on any atom is 0.309 e. The van der Waals surface area contributed by atoms with Crippen LogP contribution in [0.1, 0.15) is 11.1 Å². The number of carboxylic acid groups (broad SMARTS) is 1. The molecule has 1 fully saturated rings. The van der Waals surface area contributed by atoms with E-state index in [-0.39, 0.29) is 18.0 Å². The number of nitrogens with zero attached hydrogens (tertiary/aromatic N) is 1. The van der Waals surface area contributed by atoms with Gasteiger partial charge in [-0.25, -0.2) is 12.8 Å². The van der Waals surface area contributed by atoms with Crippen molar-refractivity contribution < 1.29 is 22.7 Å². The molecule has 5 nitrogen and oxygen atoms in total. The normalized spacial score (nSPS) is 17.2. The molecule has 1 N–H and O–H groups in total. The number of sulfonamides is 1. The minimum absolute atomic E-state index is 0.0338. The first-order chi connectivity index (χ1) is 8.73. The number of carbonyl (C=O) groups is 1. The van der Waals surface area contributed by atoms with E-state index in [1.807, 2.05) is 0 Å². The van der Waals surface area contributed by atoms with E-state index in [0.29, 0.717) is 11.1 Å². The molecule has 0 saturated carbocycles. The molecule has 0 radical (unpaired) electrons. The molecule has 104 valence electrons. The molecule has 19 heavy (non-hydrogen) atoms. The molecular formula is C12H14FNO4S. The van der Waals surface area contributed by atoms with E-state index in [0.717, 1.165) is 16.4 Å². The highest BCUT2D eigenvalue weighted by Gasteiger charge is 2.41. The Bertz CT molecular complexity index is 612. The van der Waals surface area contributed by atoms with Gasteiger partial charge in [0.05, 0.1) is 10.8 Å². The molecule has 0 aromatic heterocycles. The minimum Gasteiger partial charge on any atom is -0.481 e. The predicted molar refractivity (Wildman–Crippen MR) is 65.8 cm³/mol. The first kappa shape index (κ1) is 14.0. The molecule has 0 atom stereocenters. The summed E-state index contributed by atoms with van der Waals surface area (Å²) < 4.78 is 39.0. The van der Waals surface area contributed by atoms with Gasteiger partial charge in [-0.15, -0.1) is 0 Å². The average molecular weight is 287 g/mol. The fourth-order valence-electron chi connectivity index (χ4n) is 2.22. The summed E-state index contributed by atoms with van der Waals surface area (Å²) in [5.41, 5.74) is 0.660. The molecule has 0 amide bonds. The lowest BCUT2D eigenvalue weighted by atomic mass is 10.0. The van der Waals surface area contributed by atoms with Gasteiger partial charge in [-0.2, -0.15) is 4.31 Å². The van der Waals surface area contributed by atoms with Gasteiger partial charge in [-0.3, -0.25) is 4.79 Å². The molecule has 1 saturated heterocycles. The number of hydrogen-bond donors (Lipinski definition) is 1. The van der Waals surface area contributed by atoms with Crippen LogP contribution in [0.4, 0.5) is 4.39 Å². The number of rotatable bonds is 3. The summed E-state index contributed by atoms with van der Waals surface area (Å²) in [6, 6.07) is 2.32. The molecule has 2 rings (SSSR count). The molecule has 1 heterocycles. The summed E-state index contributed by atoms with van der Waals surface area (Å²) in [6.45, 7) is 2.98. The van der Waals surface area contributed by atoms with Crippen LogP contribution < -0.4 is 0 Å². The second kappa shape index (κ2) is 4.57. The third kappa shape index (κ3) is 2.35. The Morgan fingerprint density at radius 3 is 2.21 bits per heavy atom. The molecule has 1 aromatic rings. The third-order valence-electron chi connectivity index (χ3n) is 3.22. The molecule has 1 aromatic carbocycles. The van der Waals surface area contributed by atoms with Crippen LogP contribution >= 0.6 is 0 Å². The monoisotopic (exact) mass is 287 g/mol. The Hall–Kier alpha value is -1.47. The fourth-order valence-corrected chi connectivity index (χ4v) is 4.17. The third-order valence-corrected chi connectivity index (χ3v) is 5.36. The Labute approximate surface area is 110 Å². The zero-order chi connectivity index (χ0) is 14.4. The van der Waals surface area contributed by atoms with E-state index in [4.69, 9.17) is 5.11 Å². The smallest absolute Gasteiger partial charge is 0.309 e. The maximum absolute atomic E-state index is 13.2. The van der Waals surface area contributed by atoms with Crippen LogP contribution in [0.3, 0.4) is 0 Å². The molecule has 1 aliphatic rings. The van der Waals surface area contributed by atoms with Gasteiger partial charge in [-0.05, 0) is 37.1 Å². The number of aliphatic carboxylic acids is 1. The zero-order valence-corrected chi connectivity index (χ0v) is 11.4. The molecule has 0 aliphatic carbocycles. The summed E-state index contributed by atoms with van der Waals surface area (Å²) in [6.07, 6.45) is 0. The van der Waals surface area contributed by atoms with Gasteiger partial charge >= 0.3 is 5.97 Å². The molecule has 7 heteroatoms. The summed E-state index contributed by atoms with van der Waals surface area (Å²) >= 11 is 0. The number of benzene rings is 1. The van der Waals surface area contributed by atoms with Crippen molar-refractivity contribution in [3.05, 3.63) is 29.1 Å². The first-order valence-corrected chi connectivity index (χ1v) is 7.17. The molecular weight excluding hydrogens is 273 g/mol. The van der Waals surface area contributed by atoms with E-state index < -0.39 is 27.7 Å². The van der Waals surface area contributed by atoms with Gasteiger partial charge < -0.3 is 5.11 Å². The standard InChI is InChI=1S/C12H14FNO4S/c1-7-3-10(13)4-8(2)11(7)19(17,18)14-5-9(6-14)12(15)16/h3-4,9H,5-6H2,1-2H3,(H,15,16). The van der Waals surface area contributed by atoms with Crippen molar-refractivity contribution in [2.75, 3.05) is 13.1 Å². The van der Waals surface area contributed by atoms with E-state index in [1.54, 1.807) is 0 Å². The van der Waals surface area contributed by atoms with E-state index in [1.165, 1.54) is 13.8 Å². The highest BCUT2D eigenvalue weighted by atomic mass is 32.2. The fraction of sp³-hybridized carbons (Fsp3) is 0.417. The Morgan fingerprint density at radius 1 is 1.32 bits per heavy atom. The quantitative estimate of drug-likeness (QED) is 0.905. The lowest BCUT2D eigenvalue weighted by molar-refractivity contribution is -0.145. The summed E-state index contributed by atoms with van der Waals surface area (Å²) in [4.78, 5) is 10.8. The van der Waals surface area contributed by atoms with Gasteiger partial charge in [0.2, 0.25) is 10.0 Å². The van der Waals surface area contributed by atoms with Crippen LogP contribution in [-0.4, -0.2) is 36.9 Å². The molecule has 0 spiro atoms. The van der Waals surface area contributed by atoms with Crippen LogP contribution in [0.5, 0.6) is 0 Å². The first-order valence-electron chi connectivity index (χ1n) is 5.73. The van der Waals surface area contributed by atoms with Gasteiger partial charge in [-0.1, -0.05) is 0 Å². The molecule has 0 unspecified atom stereocenters. The van der Waals surface area contributed by atoms with Crippen molar-refractivity contribution in [2.24, 2.45) is 5.92 Å². The average Bonchev–Trinajstić information content (AvgIpc) is 2.09. The number of halogens is 1. The van der Waals surface area contributed by atoms with Crippen molar-refractivity contribution in [1.82, 2.24) is 4.31 Å². The second-order valence-corrected chi connectivity index (χ2v) is 6.60. The molecule has 1 aliphatic heterocycles. The van der Waals surface area contributed by atoms with Crippen LogP contribution in [0.15, 0.2) is 17.0 Å². The number of aryl methyl sites for hydroxylation is 2. The number of hydrogen-bond acceptors (Lipinski definition) is 3. The van der Waals surface area contributed by atoms with Crippen LogP contribution in [0, 0.1) is 25.6 Å². The van der Waals surface area contributed by atoms with Crippen molar-refractivity contribution in [2.45, 2.75) is 18.7 Å². The van der Waals surface area contributed by atoms with Gasteiger partial charge in [0, 0.05) is 13.1 Å². The zero-order valence-electron chi connectivity index (χ0n) is 10.6. The SMILES string of the molecule is Cc1cc(F)cc(C)c1S(=O)(=O)N1CC(C(=O)O)C1.